The monoisotopic (exact) mass is 285 g/mol. The second kappa shape index (κ2) is 4.44. The Morgan fingerprint density at radius 1 is 1.37 bits per heavy atom. The number of carboxylic acid groups (broad SMARTS) is 1. The van der Waals surface area contributed by atoms with Crippen molar-refractivity contribution in [3.05, 3.63) is 23.8 Å². The number of fused-ring (bicyclic) bond motifs is 1. The maximum atomic E-state index is 11.7. The number of aliphatic imine (C=N–C) groups is 1. The zero-order valence-corrected chi connectivity index (χ0v) is 10.0. The number of benzene rings is 1. The molecule has 0 radical (unpaired) electrons. The molecule has 0 fully saturated rings. The first kappa shape index (κ1) is 13.2. The number of Topliss-reactive ketones (excluding diaryl/α,β-unsaturated/α-hetero) is 1. The predicted octanol–water partition coefficient (Wildman–Crippen LogP) is 0.612. The predicted molar refractivity (Wildman–Crippen MR) is 62.3 cm³/mol. The Labute approximate surface area is 107 Å². The average Bonchev–Trinajstić information content (AvgIpc) is 2.27. The van der Waals surface area contributed by atoms with Crippen LogP contribution < -0.4 is 4.18 Å². The molecule has 9 heteroatoms. The van der Waals surface area contributed by atoms with Crippen LogP contribution >= 0.6 is 0 Å². The molecule has 0 saturated carbocycles. The van der Waals surface area contributed by atoms with Crippen molar-refractivity contribution in [2.45, 2.75) is 6.42 Å². The van der Waals surface area contributed by atoms with Crippen LogP contribution in [0.2, 0.25) is 0 Å². The number of nitrogens with zero attached hydrogens (tertiary/aromatic N) is 1. The van der Waals surface area contributed by atoms with Crippen molar-refractivity contribution in [1.29, 1.82) is 0 Å². The van der Waals surface area contributed by atoms with Gasteiger partial charge in [0.05, 0.1) is 6.42 Å². The van der Waals surface area contributed by atoms with E-state index in [1.165, 1.54) is 12.1 Å². The first-order valence-electron chi connectivity index (χ1n) is 4.92. The highest BCUT2D eigenvalue weighted by atomic mass is 32.3. The summed E-state index contributed by atoms with van der Waals surface area (Å²) in [7, 11) is -4.79. The summed E-state index contributed by atoms with van der Waals surface area (Å²) in [5.41, 5.74) is -0.621. The minimum atomic E-state index is -4.79. The zero-order chi connectivity index (χ0) is 14.2. The fraction of sp³-hybridized carbons (Fsp3) is 0.100. The summed E-state index contributed by atoms with van der Waals surface area (Å²) in [6, 6.07) is 3.84. The topological polar surface area (TPSA) is 130 Å². The maximum Gasteiger partial charge on any atom is 0.446 e. The highest BCUT2D eigenvalue weighted by Gasteiger charge is 2.27. The normalized spacial score (nSPS) is 14.6. The summed E-state index contributed by atoms with van der Waals surface area (Å²) in [5, 5.41) is 8.81. The number of carbonyl (C=O) groups is 2. The van der Waals surface area contributed by atoms with Crippen LogP contribution in [0.1, 0.15) is 16.8 Å². The molecule has 2 rings (SSSR count). The summed E-state index contributed by atoms with van der Waals surface area (Å²) < 4.78 is 34.2. The summed E-state index contributed by atoms with van der Waals surface area (Å²) >= 11 is 0. The Hall–Kier alpha value is -2.26. The van der Waals surface area contributed by atoms with E-state index in [1.807, 2.05) is 0 Å². The average molecular weight is 285 g/mol. The van der Waals surface area contributed by atoms with Crippen LogP contribution in [0.4, 0.5) is 5.69 Å². The third kappa shape index (κ3) is 2.77. The van der Waals surface area contributed by atoms with Crippen molar-refractivity contribution in [1.82, 2.24) is 0 Å². The van der Waals surface area contributed by atoms with Gasteiger partial charge < -0.3 is 9.29 Å². The summed E-state index contributed by atoms with van der Waals surface area (Å²) in [6.07, 6.45) is -0.391. The van der Waals surface area contributed by atoms with Crippen LogP contribution in [-0.4, -0.2) is 35.5 Å². The summed E-state index contributed by atoms with van der Waals surface area (Å²) in [5.74, 6) is -2.32. The second-order valence-corrected chi connectivity index (χ2v) is 4.65. The van der Waals surface area contributed by atoms with Gasteiger partial charge in [-0.3, -0.25) is 9.35 Å². The number of hydrogen-bond acceptors (Lipinski definition) is 6. The molecule has 19 heavy (non-hydrogen) atoms. The van der Waals surface area contributed by atoms with Gasteiger partial charge in [-0.25, -0.2) is 9.79 Å². The van der Waals surface area contributed by atoms with Gasteiger partial charge in [0.25, 0.3) is 0 Å². The van der Waals surface area contributed by atoms with E-state index >= 15 is 0 Å². The molecule has 0 amide bonds. The second-order valence-electron chi connectivity index (χ2n) is 3.63. The number of para-hydroxylation sites is 1. The molecular weight excluding hydrogens is 278 g/mol. The van der Waals surface area contributed by atoms with Crippen molar-refractivity contribution in [3.8, 4) is 5.75 Å². The molecule has 1 aromatic carbocycles. The van der Waals surface area contributed by atoms with Gasteiger partial charge in [-0.2, -0.15) is 8.42 Å². The summed E-state index contributed by atoms with van der Waals surface area (Å²) in [4.78, 5) is 26.2. The van der Waals surface area contributed by atoms with Crippen LogP contribution in [0.5, 0.6) is 5.75 Å². The molecule has 1 aliphatic rings. The third-order valence-corrected chi connectivity index (χ3v) is 2.71. The first-order chi connectivity index (χ1) is 8.78. The van der Waals surface area contributed by atoms with Crippen LogP contribution in [0.3, 0.4) is 0 Å². The Kier molecular flexibility index (Phi) is 3.08. The molecule has 1 aliphatic heterocycles. The smallest absolute Gasteiger partial charge is 0.446 e. The minimum absolute atomic E-state index is 0.0335. The van der Waals surface area contributed by atoms with Gasteiger partial charge in [0.1, 0.15) is 11.4 Å². The van der Waals surface area contributed by atoms with Crippen molar-refractivity contribution in [2.75, 3.05) is 0 Å². The highest BCUT2D eigenvalue weighted by Crippen LogP contribution is 2.36. The molecule has 0 spiro atoms. The van der Waals surface area contributed by atoms with Gasteiger partial charge in [-0.05, 0) is 12.1 Å². The Morgan fingerprint density at radius 3 is 2.63 bits per heavy atom. The third-order valence-electron chi connectivity index (χ3n) is 2.32. The van der Waals surface area contributed by atoms with E-state index in [2.05, 4.69) is 9.18 Å². The molecule has 1 heterocycles. The van der Waals surface area contributed by atoms with Crippen LogP contribution in [0.25, 0.3) is 0 Å². The summed E-state index contributed by atoms with van der Waals surface area (Å²) in [6.45, 7) is 0. The lowest BCUT2D eigenvalue weighted by atomic mass is 10.00. The Bertz CT molecular complexity index is 705. The molecule has 0 unspecified atom stereocenters. The van der Waals surface area contributed by atoms with Crippen LogP contribution in [-0.2, 0) is 15.2 Å². The molecule has 0 saturated heterocycles. The number of aliphatic carboxylic acids is 1. The molecule has 2 N–H and O–H groups in total. The Morgan fingerprint density at radius 2 is 2.05 bits per heavy atom. The standard InChI is InChI=1S/C10H7NO7S/c12-7-4-6(10(13)14)11-9-5(7)2-1-3-8(9)18-19(15,16)17/h1-3H,4H2,(H,13,14)(H,15,16,17). The lowest BCUT2D eigenvalue weighted by Gasteiger charge is -2.14. The number of rotatable bonds is 3. The Balaban J connectivity index is 2.61. The van der Waals surface area contributed by atoms with Gasteiger partial charge in [0.15, 0.2) is 11.5 Å². The van der Waals surface area contributed by atoms with Gasteiger partial charge in [-0.15, -0.1) is 0 Å². The SMILES string of the molecule is O=C(O)C1=Nc2c(OS(=O)(=O)O)cccc2C(=O)C1. The van der Waals surface area contributed by atoms with Gasteiger partial charge in [0.2, 0.25) is 0 Å². The fourth-order valence-corrected chi connectivity index (χ4v) is 1.95. The van der Waals surface area contributed by atoms with E-state index in [0.717, 1.165) is 6.07 Å². The van der Waals surface area contributed by atoms with E-state index in [-0.39, 0.29) is 11.3 Å². The lowest BCUT2D eigenvalue weighted by Crippen LogP contribution is -2.21. The van der Waals surface area contributed by atoms with E-state index in [4.69, 9.17) is 9.66 Å². The van der Waals surface area contributed by atoms with Crippen LogP contribution in [0.15, 0.2) is 23.2 Å². The number of hydrogen-bond donors (Lipinski definition) is 2. The van der Waals surface area contributed by atoms with Crippen molar-refractivity contribution in [3.63, 3.8) is 0 Å². The maximum absolute atomic E-state index is 11.7. The number of ketones is 1. The number of carbonyl (C=O) groups excluding carboxylic acids is 1. The van der Waals surface area contributed by atoms with Gasteiger partial charge in [0, 0.05) is 5.56 Å². The molecule has 0 atom stereocenters. The quantitative estimate of drug-likeness (QED) is 0.778. The van der Waals surface area contributed by atoms with Crippen LogP contribution in [0, 0.1) is 0 Å². The van der Waals surface area contributed by atoms with E-state index < -0.39 is 40.0 Å². The first-order valence-corrected chi connectivity index (χ1v) is 6.28. The molecule has 0 bridgehead atoms. The van der Waals surface area contributed by atoms with Gasteiger partial charge in [-0.1, -0.05) is 6.07 Å². The van der Waals surface area contributed by atoms with E-state index in [9.17, 15) is 18.0 Å². The fourth-order valence-electron chi connectivity index (χ4n) is 1.59. The molecular formula is C10H7NO7S. The van der Waals surface area contributed by atoms with E-state index in [0.29, 0.717) is 0 Å². The van der Waals surface area contributed by atoms with Crippen molar-refractivity contribution < 1.29 is 31.8 Å². The van der Waals surface area contributed by atoms with Crippen molar-refractivity contribution >= 4 is 33.6 Å². The lowest BCUT2D eigenvalue weighted by molar-refractivity contribution is -0.129. The molecule has 100 valence electrons. The highest BCUT2D eigenvalue weighted by molar-refractivity contribution is 7.81. The van der Waals surface area contributed by atoms with Crippen molar-refractivity contribution in [2.24, 2.45) is 4.99 Å². The zero-order valence-electron chi connectivity index (χ0n) is 9.23. The minimum Gasteiger partial charge on any atom is -0.477 e. The molecule has 8 nitrogen and oxygen atoms in total. The molecule has 0 aromatic heterocycles. The molecule has 1 aromatic rings. The largest absolute Gasteiger partial charge is 0.477 e. The van der Waals surface area contributed by atoms with E-state index in [1.54, 1.807) is 0 Å². The number of carboxylic acids is 1. The molecule has 0 aliphatic carbocycles. The van der Waals surface area contributed by atoms with Gasteiger partial charge >= 0.3 is 16.4 Å².